The van der Waals surface area contributed by atoms with Gasteiger partial charge in [0.25, 0.3) is 0 Å². The van der Waals surface area contributed by atoms with Crippen molar-refractivity contribution in [2.75, 3.05) is 53.2 Å². The summed E-state index contributed by atoms with van der Waals surface area (Å²) in [5.74, 6) is 2.50. The minimum Gasteiger partial charge on any atom is -0.496 e. The Balaban J connectivity index is 1.42. The third-order valence-corrected chi connectivity index (χ3v) is 5.09. The van der Waals surface area contributed by atoms with Crippen molar-refractivity contribution in [3.05, 3.63) is 17.7 Å². The molecule has 0 aromatic heterocycles. The molecule has 0 radical (unpaired) electrons. The zero-order chi connectivity index (χ0) is 15.6. The highest BCUT2D eigenvalue weighted by atomic mass is 16.7. The van der Waals surface area contributed by atoms with Crippen molar-refractivity contribution >= 4 is 0 Å². The first-order valence-electron chi connectivity index (χ1n) is 8.47. The van der Waals surface area contributed by atoms with Gasteiger partial charge in [-0.25, -0.2) is 0 Å². The van der Waals surface area contributed by atoms with Gasteiger partial charge in [0.05, 0.1) is 7.11 Å². The largest absolute Gasteiger partial charge is 0.496 e. The molecule has 23 heavy (non-hydrogen) atoms. The van der Waals surface area contributed by atoms with Crippen LogP contribution in [0.15, 0.2) is 12.1 Å². The van der Waals surface area contributed by atoms with Crippen LogP contribution < -0.4 is 19.5 Å². The Labute approximate surface area is 137 Å². The van der Waals surface area contributed by atoms with E-state index in [1.165, 1.54) is 25.1 Å². The number of rotatable bonds is 4. The van der Waals surface area contributed by atoms with Gasteiger partial charge in [-0.05, 0) is 12.5 Å². The molecule has 0 aliphatic carbocycles. The number of fused-ring (bicyclic) bond motifs is 1. The molecule has 6 heteroatoms. The molecule has 1 N–H and O–H groups in total. The molecule has 3 aliphatic heterocycles. The summed E-state index contributed by atoms with van der Waals surface area (Å²) in [4.78, 5) is 5.15. The number of hydrogen-bond acceptors (Lipinski definition) is 6. The van der Waals surface area contributed by atoms with Gasteiger partial charge in [0, 0.05) is 63.5 Å². The van der Waals surface area contributed by atoms with E-state index >= 15 is 0 Å². The van der Waals surface area contributed by atoms with Gasteiger partial charge in [-0.15, -0.1) is 0 Å². The summed E-state index contributed by atoms with van der Waals surface area (Å²) in [6.07, 6.45) is 1.26. The summed E-state index contributed by atoms with van der Waals surface area (Å²) < 4.78 is 16.5. The van der Waals surface area contributed by atoms with Crippen LogP contribution in [0.4, 0.5) is 0 Å². The van der Waals surface area contributed by atoms with E-state index in [4.69, 9.17) is 14.2 Å². The van der Waals surface area contributed by atoms with Crippen LogP contribution in [0.25, 0.3) is 0 Å². The summed E-state index contributed by atoms with van der Waals surface area (Å²) in [7, 11) is 1.72. The first-order valence-corrected chi connectivity index (χ1v) is 8.47. The Morgan fingerprint density at radius 2 is 1.96 bits per heavy atom. The molecule has 2 fully saturated rings. The van der Waals surface area contributed by atoms with E-state index in [0.717, 1.165) is 50.0 Å². The number of nitrogens with zero attached hydrogens (tertiary/aromatic N) is 2. The van der Waals surface area contributed by atoms with Crippen LogP contribution in [0.3, 0.4) is 0 Å². The summed E-state index contributed by atoms with van der Waals surface area (Å²) in [5.41, 5.74) is 1.18. The SMILES string of the molecule is COc1cc2c(cc1CN1CCC(N3CCNCC3)C1)OCO2. The van der Waals surface area contributed by atoms with Gasteiger partial charge >= 0.3 is 0 Å². The lowest BCUT2D eigenvalue weighted by Crippen LogP contribution is -2.49. The maximum Gasteiger partial charge on any atom is 0.231 e. The number of hydrogen-bond donors (Lipinski definition) is 1. The third kappa shape index (κ3) is 3.11. The Bertz CT molecular complexity index is 560. The van der Waals surface area contributed by atoms with Crippen molar-refractivity contribution < 1.29 is 14.2 Å². The fraction of sp³-hybridized carbons (Fsp3) is 0.647. The molecule has 2 saturated heterocycles. The minimum atomic E-state index is 0.302. The van der Waals surface area contributed by atoms with E-state index in [2.05, 4.69) is 21.2 Å². The van der Waals surface area contributed by atoms with Crippen LogP contribution >= 0.6 is 0 Å². The number of likely N-dealkylation sites (tertiary alicyclic amines) is 1. The normalized spacial score (nSPS) is 25.0. The molecule has 1 aromatic carbocycles. The Morgan fingerprint density at radius 3 is 2.74 bits per heavy atom. The molecule has 126 valence electrons. The van der Waals surface area contributed by atoms with Crippen molar-refractivity contribution in [2.45, 2.75) is 19.0 Å². The van der Waals surface area contributed by atoms with Gasteiger partial charge in [-0.3, -0.25) is 9.80 Å². The average molecular weight is 319 g/mol. The average Bonchev–Trinajstić information content (AvgIpc) is 3.24. The first kappa shape index (κ1) is 15.1. The molecular formula is C17H25N3O3. The van der Waals surface area contributed by atoms with E-state index < -0.39 is 0 Å². The minimum absolute atomic E-state index is 0.302. The number of nitrogens with one attached hydrogen (secondary N) is 1. The second-order valence-corrected chi connectivity index (χ2v) is 6.48. The van der Waals surface area contributed by atoms with Crippen molar-refractivity contribution in [1.29, 1.82) is 0 Å². The van der Waals surface area contributed by atoms with Gasteiger partial charge in [0.2, 0.25) is 6.79 Å². The molecule has 0 bridgehead atoms. The lowest BCUT2D eigenvalue weighted by Gasteiger charge is -2.32. The molecule has 6 nitrogen and oxygen atoms in total. The highest BCUT2D eigenvalue weighted by Crippen LogP contribution is 2.38. The molecule has 4 rings (SSSR count). The van der Waals surface area contributed by atoms with Gasteiger partial charge < -0.3 is 19.5 Å². The van der Waals surface area contributed by atoms with E-state index in [-0.39, 0.29) is 0 Å². The van der Waals surface area contributed by atoms with Crippen LogP contribution in [-0.4, -0.2) is 69.0 Å². The second-order valence-electron chi connectivity index (χ2n) is 6.48. The third-order valence-electron chi connectivity index (χ3n) is 5.09. The number of benzene rings is 1. The maximum absolute atomic E-state index is 5.54. The van der Waals surface area contributed by atoms with Crippen LogP contribution in [0.1, 0.15) is 12.0 Å². The molecule has 0 saturated carbocycles. The molecular weight excluding hydrogens is 294 g/mol. The fourth-order valence-electron chi connectivity index (χ4n) is 3.82. The smallest absolute Gasteiger partial charge is 0.231 e. The van der Waals surface area contributed by atoms with Gasteiger partial charge in [-0.1, -0.05) is 0 Å². The Kier molecular flexibility index (Phi) is 4.29. The predicted molar refractivity (Wildman–Crippen MR) is 87.2 cm³/mol. The van der Waals surface area contributed by atoms with E-state index in [1.54, 1.807) is 7.11 Å². The lowest BCUT2D eigenvalue weighted by atomic mass is 10.1. The molecule has 1 unspecified atom stereocenters. The second kappa shape index (κ2) is 6.55. The molecule has 3 aliphatic rings. The predicted octanol–water partition coefficient (Wildman–Crippen LogP) is 0.903. The van der Waals surface area contributed by atoms with E-state index in [1.807, 2.05) is 6.07 Å². The monoisotopic (exact) mass is 319 g/mol. The van der Waals surface area contributed by atoms with E-state index in [0.29, 0.717) is 12.8 Å². The maximum atomic E-state index is 5.54. The Hall–Kier alpha value is -1.50. The van der Waals surface area contributed by atoms with E-state index in [9.17, 15) is 0 Å². The summed E-state index contributed by atoms with van der Waals surface area (Å²) in [6, 6.07) is 4.71. The van der Waals surface area contributed by atoms with Gasteiger partial charge in [0.1, 0.15) is 5.75 Å². The highest BCUT2D eigenvalue weighted by molar-refractivity contribution is 5.51. The standard InChI is InChI=1S/C17H25N3O3/c1-21-15-9-17-16(22-12-23-17)8-13(15)10-19-5-2-14(11-19)20-6-3-18-4-7-20/h8-9,14,18H,2-7,10-12H2,1H3. The number of methoxy groups -OCH3 is 1. The zero-order valence-electron chi connectivity index (χ0n) is 13.7. The molecule has 0 spiro atoms. The molecule has 3 heterocycles. The summed E-state index contributed by atoms with van der Waals surface area (Å²) >= 11 is 0. The zero-order valence-corrected chi connectivity index (χ0v) is 13.7. The van der Waals surface area contributed by atoms with Crippen molar-refractivity contribution in [3.8, 4) is 17.2 Å². The molecule has 0 amide bonds. The van der Waals surface area contributed by atoms with Crippen molar-refractivity contribution in [1.82, 2.24) is 15.1 Å². The first-order chi connectivity index (χ1) is 11.3. The van der Waals surface area contributed by atoms with Crippen LogP contribution in [0, 0.1) is 0 Å². The molecule has 1 atom stereocenters. The number of piperazine rings is 1. The van der Waals surface area contributed by atoms with Crippen LogP contribution in [0.2, 0.25) is 0 Å². The van der Waals surface area contributed by atoms with Crippen LogP contribution in [-0.2, 0) is 6.54 Å². The topological polar surface area (TPSA) is 46.2 Å². The highest BCUT2D eigenvalue weighted by Gasteiger charge is 2.29. The molecule has 1 aromatic rings. The number of ether oxygens (including phenoxy) is 3. The summed E-state index contributed by atoms with van der Waals surface area (Å²) in [5, 5.41) is 3.43. The van der Waals surface area contributed by atoms with Gasteiger partial charge in [-0.2, -0.15) is 0 Å². The fourth-order valence-corrected chi connectivity index (χ4v) is 3.82. The Morgan fingerprint density at radius 1 is 1.17 bits per heavy atom. The van der Waals surface area contributed by atoms with Crippen LogP contribution in [0.5, 0.6) is 17.2 Å². The van der Waals surface area contributed by atoms with Gasteiger partial charge in [0.15, 0.2) is 11.5 Å². The van der Waals surface area contributed by atoms with Crippen molar-refractivity contribution in [3.63, 3.8) is 0 Å². The quantitative estimate of drug-likeness (QED) is 0.890. The van der Waals surface area contributed by atoms with Crippen molar-refractivity contribution in [2.24, 2.45) is 0 Å². The summed E-state index contributed by atoms with van der Waals surface area (Å²) in [6.45, 7) is 8.07. The lowest BCUT2D eigenvalue weighted by molar-refractivity contribution is 0.170.